The molecule has 1 fully saturated rings. The van der Waals surface area contributed by atoms with Gasteiger partial charge in [0.1, 0.15) is 11.0 Å². The third-order valence-electron chi connectivity index (χ3n) is 3.31. The Hall–Kier alpha value is -1.63. The van der Waals surface area contributed by atoms with Crippen molar-refractivity contribution in [2.24, 2.45) is 0 Å². The van der Waals surface area contributed by atoms with Gasteiger partial charge in [-0.2, -0.15) is 0 Å². The second-order valence-corrected chi connectivity index (χ2v) is 6.20. The highest BCUT2D eigenvalue weighted by Crippen LogP contribution is 2.15. The molecule has 2 rings (SSSR count). The van der Waals surface area contributed by atoms with E-state index in [4.69, 9.17) is 0 Å². The van der Waals surface area contributed by atoms with Crippen LogP contribution in [0.2, 0.25) is 0 Å². The van der Waals surface area contributed by atoms with Gasteiger partial charge in [-0.3, -0.25) is 4.79 Å². The van der Waals surface area contributed by atoms with Crippen molar-refractivity contribution >= 4 is 23.3 Å². The van der Waals surface area contributed by atoms with E-state index in [2.05, 4.69) is 20.9 Å². The smallest absolute Gasteiger partial charge is 0.315 e. The van der Waals surface area contributed by atoms with Crippen molar-refractivity contribution in [1.29, 1.82) is 0 Å². The number of nitrogens with one attached hydrogen (secondary N) is 3. The topological polar surface area (TPSA) is 83.1 Å². The van der Waals surface area contributed by atoms with Crippen molar-refractivity contribution in [2.45, 2.75) is 45.7 Å². The Balaban J connectivity index is 1.81. The highest BCUT2D eigenvalue weighted by atomic mass is 32.1. The van der Waals surface area contributed by atoms with E-state index in [-0.39, 0.29) is 11.9 Å². The van der Waals surface area contributed by atoms with Crippen LogP contribution in [-0.4, -0.2) is 29.5 Å². The highest BCUT2D eigenvalue weighted by molar-refractivity contribution is 7.11. The molecule has 0 spiro atoms. The molecule has 20 heavy (non-hydrogen) atoms. The maximum Gasteiger partial charge on any atom is 0.315 e. The molecule has 0 aromatic carbocycles. The molecule has 0 radical (unpaired) electrons. The first kappa shape index (κ1) is 14.8. The Bertz CT molecular complexity index is 481. The number of carbonyl (C=O) groups excluding carboxylic acids is 2. The normalized spacial score (nSPS) is 19.1. The van der Waals surface area contributed by atoms with Gasteiger partial charge < -0.3 is 16.0 Å². The largest absolute Gasteiger partial charge is 0.354 e. The van der Waals surface area contributed by atoms with Crippen LogP contribution in [0.15, 0.2) is 0 Å². The lowest BCUT2D eigenvalue weighted by molar-refractivity contribution is -0.122. The van der Waals surface area contributed by atoms with E-state index in [1.54, 1.807) is 11.3 Å². The Morgan fingerprint density at radius 3 is 2.95 bits per heavy atom. The standard InChI is InChI=1S/C13H20N4O2S/c1-8-9(2)20-11(16-8)7-15-13(19)17-10-5-3-4-6-14-12(10)18/h10H,3-7H2,1-2H3,(H,14,18)(H2,15,17,19)/t10-/m0/s1. The number of aromatic nitrogens is 1. The first-order chi connectivity index (χ1) is 9.56. The van der Waals surface area contributed by atoms with Crippen LogP contribution in [0.5, 0.6) is 0 Å². The molecule has 0 saturated carbocycles. The zero-order chi connectivity index (χ0) is 14.5. The fourth-order valence-corrected chi connectivity index (χ4v) is 2.93. The van der Waals surface area contributed by atoms with E-state index in [1.807, 2.05) is 13.8 Å². The lowest BCUT2D eigenvalue weighted by Gasteiger charge is -2.15. The maximum absolute atomic E-state index is 11.8. The predicted molar refractivity (Wildman–Crippen MR) is 77.6 cm³/mol. The molecular weight excluding hydrogens is 276 g/mol. The summed E-state index contributed by atoms with van der Waals surface area (Å²) in [5.74, 6) is -0.0985. The van der Waals surface area contributed by atoms with Crippen molar-refractivity contribution in [3.05, 3.63) is 15.6 Å². The zero-order valence-corrected chi connectivity index (χ0v) is 12.6. The van der Waals surface area contributed by atoms with E-state index in [9.17, 15) is 9.59 Å². The molecule has 2 heterocycles. The average molecular weight is 296 g/mol. The van der Waals surface area contributed by atoms with Crippen molar-refractivity contribution in [2.75, 3.05) is 6.54 Å². The van der Waals surface area contributed by atoms with Crippen LogP contribution in [0.4, 0.5) is 4.79 Å². The zero-order valence-electron chi connectivity index (χ0n) is 11.8. The first-order valence-corrected chi connectivity index (χ1v) is 7.63. The minimum atomic E-state index is -0.433. The molecule has 0 unspecified atom stereocenters. The molecule has 0 bridgehead atoms. The summed E-state index contributed by atoms with van der Waals surface area (Å²) in [6, 6.07) is -0.755. The lowest BCUT2D eigenvalue weighted by Crippen LogP contribution is -2.48. The van der Waals surface area contributed by atoms with E-state index in [0.29, 0.717) is 19.5 Å². The monoisotopic (exact) mass is 296 g/mol. The minimum absolute atomic E-state index is 0.0985. The van der Waals surface area contributed by atoms with E-state index >= 15 is 0 Å². The van der Waals surface area contributed by atoms with Gasteiger partial charge in [0.25, 0.3) is 0 Å². The second-order valence-electron chi connectivity index (χ2n) is 4.92. The van der Waals surface area contributed by atoms with Crippen LogP contribution in [0.25, 0.3) is 0 Å². The Labute approximate surface area is 122 Å². The van der Waals surface area contributed by atoms with Crippen molar-refractivity contribution < 1.29 is 9.59 Å². The molecule has 1 aromatic rings. The van der Waals surface area contributed by atoms with Crippen molar-refractivity contribution in [3.63, 3.8) is 0 Å². The number of amides is 3. The predicted octanol–water partition coefficient (Wildman–Crippen LogP) is 1.23. The molecule has 6 nitrogen and oxygen atoms in total. The molecule has 110 valence electrons. The Kier molecular flexibility index (Phi) is 4.94. The molecular formula is C13H20N4O2S. The summed E-state index contributed by atoms with van der Waals surface area (Å²) in [6.45, 7) is 5.04. The van der Waals surface area contributed by atoms with E-state index in [0.717, 1.165) is 28.4 Å². The van der Waals surface area contributed by atoms with Gasteiger partial charge >= 0.3 is 6.03 Å². The van der Waals surface area contributed by atoms with Crippen molar-refractivity contribution in [1.82, 2.24) is 20.9 Å². The Morgan fingerprint density at radius 1 is 1.45 bits per heavy atom. The second kappa shape index (κ2) is 6.69. The van der Waals surface area contributed by atoms with Gasteiger partial charge in [0.2, 0.25) is 5.91 Å². The molecule has 0 aliphatic carbocycles. The molecule has 1 aromatic heterocycles. The summed E-state index contributed by atoms with van der Waals surface area (Å²) in [4.78, 5) is 29.0. The lowest BCUT2D eigenvalue weighted by atomic mass is 10.1. The molecule has 3 N–H and O–H groups in total. The number of nitrogens with zero attached hydrogens (tertiary/aromatic N) is 1. The number of carbonyl (C=O) groups is 2. The molecule has 7 heteroatoms. The van der Waals surface area contributed by atoms with Gasteiger partial charge in [-0.25, -0.2) is 9.78 Å². The molecule has 3 amide bonds. The minimum Gasteiger partial charge on any atom is -0.354 e. The van der Waals surface area contributed by atoms with Gasteiger partial charge in [-0.1, -0.05) is 0 Å². The summed E-state index contributed by atoms with van der Waals surface area (Å²) in [5.41, 5.74) is 0.996. The highest BCUT2D eigenvalue weighted by Gasteiger charge is 2.22. The number of thiazole rings is 1. The third-order valence-corrected chi connectivity index (χ3v) is 4.39. The maximum atomic E-state index is 11.8. The van der Waals surface area contributed by atoms with E-state index < -0.39 is 6.04 Å². The van der Waals surface area contributed by atoms with Gasteiger partial charge in [0.15, 0.2) is 0 Å². The van der Waals surface area contributed by atoms with Crippen LogP contribution in [0, 0.1) is 13.8 Å². The average Bonchev–Trinajstić information content (AvgIpc) is 2.59. The Morgan fingerprint density at radius 2 is 2.25 bits per heavy atom. The van der Waals surface area contributed by atoms with E-state index in [1.165, 1.54) is 0 Å². The molecule has 1 aliphatic rings. The summed E-state index contributed by atoms with van der Waals surface area (Å²) >= 11 is 1.57. The van der Waals surface area contributed by atoms with Crippen LogP contribution in [0.1, 0.15) is 34.8 Å². The van der Waals surface area contributed by atoms with Crippen LogP contribution in [0.3, 0.4) is 0 Å². The number of hydrogen-bond donors (Lipinski definition) is 3. The number of aryl methyl sites for hydroxylation is 2. The number of urea groups is 1. The van der Waals surface area contributed by atoms with Crippen LogP contribution in [-0.2, 0) is 11.3 Å². The summed E-state index contributed by atoms with van der Waals surface area (Å²) in [7, 11) is 0. The van der Waals surface area contributed by atoms with Gasteiger partial charge in [-0.15, -0.1) is 11.3 Å². The summed E-state index contributed by atoms with van der Waals surface area (Å²) < 4.78 is 0. The molecule has 1 saturated heterocycles. The number of hydrogen-bond acceptors (Lipinski definition) is 4. The summed E-state index contributed by atoms with van der Waals surface area (Å²) in [5, 5.41) is 9.13. The van der Waals surface area contributed by atoms with Crippen LogP contribution < -0.4 is 16.0 Å². The molecule has 1 aliphatic heterocycles. The number of rotatable bonds is 3. The SMILES string of the molecule is Cc1nc(CNC(=O)N[C@H]2CCCCNC2=O)sc1C. The fourth-order valence-electron chi connectivity index (χ4n) is 2.06. The van der Waals surface area contributed by atoms with Crippen molar-refractivity contribution in [3.8, 4) is 0 Å². The third kappa shape index (κ3) is 3.93. The summed E-state index contributed by atoms with van der Waals surface area (Å²) in [6.07, 6.45) is 2.59. The van der Waals surface area contributed by atoms with Gasteiger partial charge in [0, 0.05) is 11.4 Å². The van der Waals surface area contributed by atoms with Gasteiger partial charge in [0.05, 0.1) is 12.2 Å². The fraction of sp³-hybridized carbons (Fsp3) is 0.615. The first-order valence-electron chi connectivity index (χ1n) is 6.81. The quantitative estimate of drug-likeness (QED) is 0.784. The van der Waals surface area contributed by atoms with Gasteiger partial charge in [-0.05, 0) is 33.1 Å². The van der Waals surface area contributed by atoms with Crippen LogP contribution >= 0.6 is 11.3 Å². The molecule has 1 atom stereocenters.